The van der Waals surface area contributed by atoms with Gasteiger partial charge in [0.25, 0.3) is 11.5 Å². The van der Waals surface area contributed by atoms with E-state index in [0.29, 0.717) is 17.7 Å². The lowest BCUT2D eigenvalue weighted by molar-refractivity contribution is -0.142. The first kappa shape index (κ1) is 16.9. The Morgan fingerprint density at radius 2 is 1.95 bits per heavy atom. The molecule has 0 aliphatic rings. The maximum atomic E-state index is 12.1. The number of rotatable bonds is 6. The lowest BCUT2D eigenvalue weighted by Crippen LogP contribution is -2.37. The molecular formula is C14H21N3O4. The molecule has 0 aromatic carbocycles. The van der Waals surface area contributed by atoms with Crippen LogP contribution in [0.5, 0.6) is 0 Å². The second-order valence-corrected chi connectivity index (χ2v) is 5.51. The topological polar surface area (TPSA) is 112 Å². The molecule has 0 aliphatic heterocycles. The van der Waals surface area contributed by atoms with Crippen LogP contribution in [-0.2, 0) is 4.79 Å². The minimum absolute atomic E-state index is 0.00734. The summed E-state index contributed by atoms with van der Waals surface area (Å²) in [7, 11) is 0. The van der Waals surface area contributed by atoms with Crippen LogP contribution in [0.3, 0.4) is 0 Å². The van der Waals surface area contributed by atoms with Crippen LogP contribution in [-0.4, -0.2) is 33.7 Å². The van der Waals surface area contributed by atoms with Crippen molar-refractivity contribution in [2.24, 2.45) is 11.8 Å². The molecule has 116 valence electrons. The standard InChI is InChI=1S/C14H21N3O4/c1-7(2)5-10(14(20)21)6-15-12(18)11-8(3)9(4)16-17-13(11)19/h7,10H,5-6H2,1-4H3,(H,15,18)(H,17,19)(H,20,21). The Morgan fingerprint density at radius 1 is 1.33 bits per heavy atom. The third-order valence-corrected chi connectivity index (χ3v) is 3.31. The number of hydrogen-bond acceptors (Lipinski definition) is 4. The maximum Gasteiger partial charge on any atom is 0.308 e. The fourth-order valence-electron chi connectivity index (χ4n) is 2.04. The van der Waals surface area contributed by atoms with Crippen molar-refractivity contribution in [3.05, 3.63) is 27.2 Å². The summed E-state index contributed by atoms with van der Waals surface area (Å²) in [6.45, 7) is 7.14. The van der Waals surface area contributed by atoms with Crippen molar-refractivity contribution >= 4 is 11.9 Å². The van der Waals surface area contributed by atoms with Crippen LogP contribution in [0.25, 0.3) is 0 Å². The summed E-state index contributed by atoms with van der Waals surface area (Å²) < 4.78 is 0. The fraction of sp³-hybridized carbons (Fsp3) is 0.571. The van der Waals surface area contributed by atoms with E-state index in [1.807, 2.05) is 13.8 Å². The smallest absolute Gasteiger partial charge is 0.308 e. The zero-order valence-corrected chi connectivity index (χ0v) is 12.7. The van der Waals surface area contributed by atoms with E-state index < -0.39 is 23.4 Å². The normalized spacial score (nSPS) is 12.2. The fourth-order valence-corrected chi connectivity index (χ4v) is 2.04. The molecule has 7 heteroatoms. The highest BCUT2D eigenvalue weighted by Gasteiger charge is 2.22. The van der Waals surface area contributed by atoms with Crippen molar-refractivity contribution < 1.29 is 14.7 Å². The van der Waals surface area contributed by atoms with E-state index in [1.54, 1.807) is 13.8 Å². The van der Waals surface area contributed by atoms with Crippen molar-refractivity contribution in [2.45, 2.75) is 34.1 Å². The van der Waals surface area contributed by atoms with Gasteiger partial charge in [0, 0.05) is 6.54 Å². The number of amides is 1. The molecule has 0 aliphatic carbocycles. The van der Waals surface area contributed by atoms with Gasteiger partial charge in [0.05, 0.1) is 11.6 Å². The number of H-pyrrole nitrogens is 1. The summed E-state index contributed by atoms with van der Waals surface area (Å²) in [4.78, 5) is 34.9. The van der Waals surface area contributed by atoms with Crippen LogP contribution < -0.4 is 10.9 Å². The van der Waals surface area contributed by atoms with Gasteiger partial charge in [-0.05, 0) is 31.7 Å². The van der Waals surface area contributed by atoms with Gasteiger partial charge in [0.15, 0.2) is 0 Å². The largest absolute Gasteiger partial charge is 0.481 e. The highest BCUT2D eigenvalue weighted by molar-refractivity contribution is 5.95. The van der Waals surface area contributed by atoms with Gasteiger partial charge >= 0.3 is 5.97 Å². The van der Waals surface area contributed by atoms with Crippen molar-refractivity contribution in [3.8, 4) is 0 Å². The van der Waals surface area contributed by atoms with Crippen molar-refractivity contribution in [3.63, 3.8) is 0 Å². The quantitative estimate of drug-likeness (QED) is 0.720. The summed E-state index contributed by atoms with van der Waals surface area (Å²) in [6.07, 6.45) is 0.459. The SMILES string of the molecule is Cc1n[nH]c(=O)c(C(=O)NCC(CC(C)C)C(=O)O)c1C. The van der Waals surface area contributed by atoms with Gasteiger partial charge in [-0.2, -0.15) is 5.10 Å². The van der Waals surface area contributed by atoms with Crippen LogP contribution in [0.1, 0.15) is 41.9 Å². The Labute approximate surface area is 122 Å². The zero-order chi connectivity index (χ0) is 16.2. The van der Waals surface area contributed by atoms with Gasteiger partial charge in [-0.1, -0.05) is 13.8 Å². The summed E-state index contributed by atoms with van der Waals surface area (Å²) >= 11 is 0. The number of aromatic amines is 1. The molecule has 1 aromatic heterocycles. The molecule has 0 spiro atoms. The van der Waals surface area contributed by atoms with Crippen molar-refractivity contribution in [1.29, 1.82) is 0 Å². The number of carboxylic acids is 1. The highest BCUT2D eigenvalue weighted by atomic mass is 16.4. The molecular weight excluding hydrogens is 274 g/mol. The first-order valence-corrected chi connectivity index (χ1v) is 6.80. The molecule has 1 rings (SSSR count). The third-order valence-electron chi connectivity index (χ3n) is 3.31. The second-order valence-electron chi connectivity index (χ2n) is 5.51. The average Bonchev–Trinajstić information content (AvgIpc) is 2.38. The molecule has 0 saturated heterocycles. The number of aliphatic carboxylic acids is 1. The van der Waals surface area contributed by atoms with Crippen LogP contribution in [0, 0.1) is 25.7 Å². The average molecular weight is 295 g/mol. The van der Waals surface area contributed by atoms with Gasteiger partial charge < -0.3 is 10.4 Å². The summed E-state index contributed by atoms with van der Waals surface area (Å²) in [5.41, 5.74) is 0.450. The molecule has 7 nitrogen and oxygen atoms in total. The number of carbonyl (C=O) groups excluding carboxylic acids is 1. The predicted octanol–water partition coefficient (Wildman–Crippen LogP) is 0.863. The van der Waals surface area contributed by atoms with Gasteiger partial charge in [0.1, 0.15) is 5.56 Å². The van der Waals surface area contributed by atoms with E-state index in [2.05, 4.69) is 15.5 Å². The number of aromatic nitrogens is 2. The van der Waals surface area contributed by atoms with E-state index in [9.17, 15) is 14.4 Å². The number of hydrogen-bond donors (Lipinski definition) is 3. The minimum Gasteiger partial charge on any atom is -0.481 e. The highest BCUT2D eigenvalue weighted by Crippen LogP contribution is 2.11. The van der Waals surface area contributed by atoms with Crippen molar-refractivity contribution in [2.75, 3.05) is 6.54 Å². The van der Waals surface area contributed by atoms with Crippen LogP contribution >= 0.6 is 0 Å². The van der Waals surface area contributed by atoms with E-state index in [4.69, 9.17) is 5.11 Å². The molecule has 1 unspecified atom stereocenters. The molecule has 0 fully saturated rings. The first-order chi connectivity index (χ1) is 9.73. The zero-order valence-electron chi connectivity index (χ0n) is 12.7. The minimum atomic E-state index is -0.958. The molecule has 0 radical (unpaired) electrons. The van der Waals surface area contributed by atoms with Gasteiger partial charge in [-0.3, -0.25) is 14.4 Å². The predicted molar refractivity (Wildman–Crippen MR) is 77.2 cm³/mol. The number of nitrogens with one attached hydrogen (secondary N) is 2. The molecule has 1 atom stereocenters. The van der Waals surface area contributed by atoms with Crippen LogP contribution in [0.15, 0.2) is 4.79 Å². The summed E-state index contributed by atoms with van der Waals surface area (Å²) in [5.74, 6) is -2.00. The molecule has 3 N–H and O–H groups in total. The van der Waals surface area contributed by atoms with Crippen molar-refractivity contribution in [1.82, 2.24) is 15.5 Å². The number of carbonyl (C=O) groups is 2. The van der Waals surface area contributed by atoms with Gasteiger partial charge in [0.2, 0.25) is 0 Å². The van der Waals surface area contributed by atoms with Gasteiger partial charge in [-0.15, -0.1) is 0 Å². The second kappa shape index (κ2) is 7.01. The van der Waals surface area contributed by atoms with E-state index in [-0.39, 0.29) is 18.0 Å². The maximum absolute atomic E-state index is 12.1. The number of aryl methyl sites for hydroxylation is 1. The van der Waals surface area contributed by atoms with Gasteiger partial charge in [-0.25, -0.2) is 5.10 Å². The van der Waals surface area contributed by atoms with E-state index in [0.717, 1.165) is 0 Å². The number of carboxylic acid groups (broad SMARTS) is 1. The Kier molecular flexibility index (Phi) is 5.63. The van der Waals surface area contributed by atoms with Crippen LogP contribution in [0.4, 0.5) is 0 Å². The lowest BCUT2D eigenvalue weighted by Gasteiger charge is -2.15. The van der Waals surface area contributed by atoms with E-state index >= 15 is 0 Å². The summed E-state index contributed by atoms with van der Waals surface area (Å²) in [5, 5.41) is 17.7. The van der Waals surface area contributed by atoms with Crippen LogP contribution in [0.2, 0.25) is 0 Å². The monoisotopic (exact) mass is 295 g/mol. The summed E-state index contributed by atoms with van der Waals surface area (Å²) in [6, 6.07) is 0. The molecule has 0 bridgehead atoms. The van der Waals surface area contributed by atoms with E-state index in [1.165, 1.54) is 0 Å². The lowest BCUT2D eigenvalue weighted by atomic mass is 9.97. The number of nitrogens with zero attached hydrogens (tertiary/aromatic N) is 1. The molecule has 0 saturated carbocycles. The Morgan fingerprint density at radius 3 is 2.48 bits per heavy atom. The Balaban J connectivity index is 2.85. The Bertz CT molecular complexity index is 592. The molecule has 1 amide bonds. The molecule has 21 heavy (non-hydrogen) atoms. The third kappa shape index (κ3) is 4.40. The molecule has 1 heterocycles. The molecule has 1 aromatic rings. The first-order valence-electron chi connectivity index (χ1n) is 6.80. The Hall–Kier alpha value is -2.18.